The maximum atomic E-state index is 13.9. The largest absolute Gasteiger partial charge is 0.491 e. The smallest absolute Gasteiger partial charge is 0.128 e. The summed E-state index contributed by atoms with van der Waals surface area (Å²) in [5.41, 5.74) is 1.40. The summed E-state index contributed by atoms with van der Waals surface area (Å²) in [4.78, 5) is 0. The Hall–Kier alpha value is -1.94. The third-order valence-electron chi connectivity index (χ3n) is 3.29. The SMILES string of the molecule is CCNC(COc1cc(F)ccc1C)c1ccccc1F. The third-order valence-corrected chi connectivity index (χ3v) is 3.29. The van der Waals surface area contributed by atoms with Gasteiger partial charge in [0.1, 0.15) is 24.0 Å². The lowest BCUT2D eigenvalue weighted by molar-refractivity contribution is 0.262. The highest BCUT2D eigenvalue weighted by atomic mass is 19.1. The van der Waals surface area contributed by atoms with E-state index in [4.69, 9.17) is 4.74 Å². The highest BCUT2D eigenvalue weighted by molar-refractivity contribution is 5.33. The van der Waals surface area contributed by atoms with E-state index in [0.29, 0.717) is 17.9 Å². The lowest BCUT2D eigenvalue weighted by atomic mass is 10.1. The molecule has 112 valence electrons. The summed E-state index contributed by atoms with van der Waals surface area (Å²) >= 11 is 0. The number of likely N-dealkylation sites (N-methyl/N-ethyl adjacent to an activating group) is 1. The molecule has 0 saturated carbocycles. The van der Waals surface area contributed by atoms with E-state index in [1.165, 1.54) is 18.2 Å². The van der Waals surface area contributed by atoms with Crippen molar-refractivity contribution < 1.29 is 13.5 Å². The molecule has 2 rings (SSSR count). The van der Waals surface area contributed by atoms with Gasteiger partial charge in [-0.1, -0.05) is 31.2 Å². The van der Waals surface area contributed by atoms with Gasteiger partial charge in [0.25, 0.3) is 0 Å². The second-order valence-electron chi connectivity index (χ2n) is 4.85. The first kappa shape index (κ1) is 15.4. The van der Waals surface area contributed by atoms with E-state index in [0.717, 1.165) is 5.56 Å². The van der Waals surface area contributed by atoms with E-state index in [1.807, 2.05) is 13.8 Å². The topological polar surface area (TPSA) is 21.3 Å². The van der Waals surface area contributed by atoms with E-state index < -0.39 is 0 Å². The average Bonchev–Trinajstić information content (AvgIpc) is 2.47. The molecule has 0 aliphatic rings. The van der Waals surface area contributed by atoms with Gasteiger partial charge in [0, 0.05) is 11.6 Å². The molecule has 0 amide bonds. The molecule has 0 fully saturated rings. The highest BCUT2D eigenvalue weighted by Crippen LogP contribution is 2.22. The summed E-state index contributed by atoms with van der Waals surface area (Å²) < 4.78 is 32.8. The minimum absolute atomic E-state index is 0.235. The van der Waals surface area contributed by atoms with Crippen molar-refractivity contribution in [3.8, 4) is 5.75 Å². The Morgan fingerprint density at radius 1 is 1.14 bits per heavy atom. The van der Waals surface area contributed by atoms with Gasteiger partial charge in [-0.25, -0.2) is 8.78 Å². The number of hydrogen-bond donors (Lipinski definition) is 1. The van der Waals surface area contributed by atoms with E-state index in [2.05, 4.69) is 5.32 Å². The van der Waals surface area contributed by atoms with Crippen molar-refractivity contribution in [1.29, 1.82) is 0 Å². The van der Waals surface area contributed by atoms with Crippen LogP contribution in [0.15, 0.2) is 42.5 Å². The number of rotatable bonds is 6. The molecular weight excluding hydrogens is 272 g/mol. The number of nitrogens with one attached hydrogen (secondary N) is 1. The first-order chi connectivity index (χ1) is 10.1. The molecule has 21 heavy (non-hydrogen) atoms. The fraction of sp³-hybridized carbons (Fsp3) is 0.294. The van der Waals surface area contributed by atoms with Gasteiger partial charge in [-0.3, -0.25) is 0 Å². The van der Waals surface area contributed by atoms with Crippen LogP contribution < -0.4 is 10.1 Å². The maximum Gasteiger partial charge on any atom is 0.128 e. The molecule has 1 unspecified atom stereocenters. The van der Waals surface area contributed by atoms with Gasteiger partial charge in [-0.2, -0.15) is 0 Å². The van der Waals surface area contributed by atoms with Gasteiger partial charge in [0.15, 0.2) is 0 Å². The van der Waals surface area contributed by atoms with Crippen molar-refractivity contribution >= 4 is 0 Å². The number of halogens is 2. The molecule has 1 atom stereocenters. The zero-order chi connectivity index (χ0) is 15.2. The summed E-state index contributed by atoms with van der Waals surface area (Å²) in [7, 11) is 0. The van der Waals surface area contributed by atoms with Crippen molar-refractivity contribution in [3.05, 3.63) is 65.2 Å². The first-order valence-electron chi connectivity index (χ1n) is 6.98. The average molecular weight is 291 g/mol. The Balaban J connectivity index is 2.14. The fourth-order valence-electron chi connectivity index (χ4n) is 2.17. The van der Waals surface area contributed by atoms with Gasteiger partial charge in [0.05, 0.1) is 6.04 Å². The molecule has 4 heteroatoms. The molecular formula is C17H19F2NO. The lowest BCUT2D eigenvalue weighted by Gasteiger charge is -2.20. The summed E-state index contributed by atoms with van der Waals surface area (Å²) in [6.07, 6.45) is 0. The Kier molecular flexibility index (Phi) is 5.28. The minimum Gasteiger partial charge on any atom is -0.491 e. The highest BCUT2D eigenvalue weighted by Gasteiger charge is 2.15. The zero-order valence-electron chi connectivity index (χ0n) is 12.2. The van der Waals surface area contributed by atoms with Crippen molar-refractivity contribution in [2.24, 2.45) is 0 Å². The predicted molar refractivity (Wildman–Crippen MR) is 79.4 cm³/mol. The van der Waals surface area contributed by atoms with Gasteiger partial charge in [-0.05, 0) is 31.2 Å². The Bertz CT molecular complexity index is 601. The van der Waals surface area contributed by atoms with Gasteiger partial charge in [0.2, 0.25) is 0 Å². The molecule has 0 spiro atoms. The second-order valence-corrected chi connectivity index (χ2v) is 4.85. The van der Waals surface area contributed by atoms with Crippen LogP contribution in [0.1, 0.15) is 24.1 Å². The van der Waals surface area contributed by atoms with E-state index >= 15 is 0 Å². The minimum atomic E-state index is -0.346. The molecule has 1 N–H and O–H groups in total. The number of aryl methyl sites for hydroxylation is 1. The number of hydrogen-bond acceptors (Lipinski definition) is 2. The molecule has 0 aromatic heterocycles. The van der Waals surface area contributed by atoms with Gasteiger partial charge in [-0.15, -0.1) is 0 Å². The zero-order valence-corrected chi connectivity index (χ0v) is 12.2. The van der Waals surface area contributed by atoms with Crippen molar-refractivity contribution in [2.45, 2.75) is 19.9 Å². The van der Waals surface area contributed by atoms with Crippen molar-refractivity contribution in [1.82, 2.24) is 5.32 Å². The molecule has 0 bridgehead atoms. The van der Waals surface area contributed by atoms with Gasteiger partial charge >= 0.3 is 0 Å². The third kappa shape index (κ3) is 4.02. The molecule has 0 aliphatic heterocycles. The van der Waals surface area contributed by atoms with Crippen LogP contribution in [0, 0.1) is 18.6 Å². The van der Waals surface area contributed by atoms with Crippen LogP contribution >= 0.6 is 0 Å². The van der Waals surface area contributed by atoms with Crippen LogP contribution in [0.25, 0.3) is 0 Å². The molecule has 2 aromatic carbocycles. The monoisotopic (exact) mass is 291 g/mol. The van der Waals surface area contributed by atoms with Gasteiger partial charge < -0.3 is 10.1 Å². The van der Waals surface area contributed by atoms with E-state index in [1.54, 1.807) is 24.3 Å². The number of ether oxygens (including phenoxy) is 1. The first-order valence-corrected chi connectivity index (χ1v) is 6.98. The summed E-state index contributed by atoms with van der Waals surface area (Å²) in [5, 5.41) is 3.19. The predicted octanol–water partition coefficient (Wildman–Crippen LogP) is 4.00. The Morgan fingerprint density at radius 2 is 1.90 bits per heavy atom. The van der Waals surface area contributed by atoms with Crippen LogP contribution in [0.2, 0.25) is 0 Å². The number of benzene rings is 2. The Labute approximate surface area is 123 Å². The summed E-state index contributed by atoms with van der Waals surface area (Å²) in [6, 6.07) is 10.7. The van der Waals surface area contributed by atoms with E-state index in [9.17, 15) is 8.78 Å². The van der Waals surface area contributed by atoms with Crippen LogP contribution in [0.3, 0.4) is 0 Å². The lowest BCUT2D eigenvalue weighted by Crippen LogP contribution is -2.27. The molecule has 0 radical (unpaired) electrons. The molecule has 0 saturated heterocycles. The van der Waals surface area contributed by atoms with E-state index in [-0.39, 0.29) is 24.3 Å². The second kappa shape index (κ2) is 7.18. The summed E-state index contributed by atoms with van der Waals surface area (Å²) in [6.45, 7) is 4.71. The van der Waals surface area contributed by atoms with Crippen LogP contribution in [-0.2, 0) is 0 Å². The van der Waals surface area contributed by atoms with Crippen LogP contribution in [-0.4, -0.2) is 13.2 Å². The van der Waals surface area contributed by atoms with Crippen molar-refractivity contribution in [2.75, 3.05) is 13.2 Å². The molecule has 2 nitrogen and oxygen atoms in total. The molecule has 0 aliphatic carbocycles. The van der Waals surface area contributed by atoms with Crippen LogP contribution in [0.4, 0.5) is 8.78 Å². The quantitative estimate of drug-likeness (QED) is 0.868. The normalized spacial score (nSPS) is 12.2. The van der Waals surface area contributed by atoms with Crippen molar-refractivity contribution in [3.63, 3.8) is 0 Å². The molecule has 2 aromatic rings. The van der Waals surface area contributed by atoms with Crippen LogP contribution in [0.5, 0.6) is 5.75 Å². The summed E-state index contributed by atoms with van der Waals surface area (Å²) in [5.74, 6) is -0.140. The Morgan fingerprint density at radius 3 is 2.62 bits per heavy atom. The maximum absolute atomic E-state index is 13.9. The fourth-order valence-corrected chi connectivity index (χ4v) is 2.17. The molecule has 0 heterocycles. The standard InChI is InChI=1S/C17H19F2NO/c1-3-20-16(14-6-4-5-7-15(14)19)11-21-17-10-13(18)9-8-12(17)2/h4-10,16,20H,3,11H2,1-2H3.